The van der Waals surface area contributed by atoms with E-state index >= 15 is 4.39 Å². The number of aliphatic hydroxyl groups is 1. The molecule has 4 fully saturated rings. The van der Waals surface area contributed by atoms with Crippen molar-refractivity contribution >= 4 is 5.78 Å². The van der Waals surface area contributed by atoms with E-state index < -0.39 is 17.1 Å². The maximum Gasteiger partial charge on any atom is 0.173 e. The first-order valence-electron chi connectivity index (χ1n) is 12.8. The Kier molecular flexibility index (Phi) is 5.79. The monoisotopic (exact) mass is 471 g/mol. The number of Topliss-reactive ketones (excluding diaryl/α,β-unsaturated/α-hetero) is 1. The maximum absolute atomic E-state index is 16.5. The number of carbonyl (C=O) groups is 1. The third kappa shape index (κ3) is 3.75. The van der Waals surface area contributed by atoms with Gasteiger partial charge in [-0.3, -0.25) is 4.79 Å². The second kappa shape index (κ2) is 8.29. The molecule has 0 aliphatic heterocycles. The molecule has 8 atom stereocenters. The zero-order valence-electron chi connectivity index (χ0n) is 20.2. The molecule has 0 spiro atoms. The summed E-state index contributed by atoms with van der Waals surface area (Å²) in [5, 5.41) is 19.4. The van der Waals surface area contributed by atoms with Crippen molar-refractivity contribution in [3.8, 4) is 11.8 Å². The molecule has 34 heavy (non-hydrogen) atoms. The molecule has 5 rings (SSSR count). The van der Waals surface area contributed by atoms with Crippen LogP contribution in [0.4, 0.5) is 8.78 Å². The van der Waals surface area contributed by atoms with Gasteiger partial charge in [0.25, 0.3) is 0 Å². The van der Waals surface area contributed by atoms with Gasteiger partial charge in [-0.05, 0) is 112 Å². The van der Waals surface area contributed by atoms with Gasteiger partial charge in [0.15, 0.2) is 17.3 Å². The highest BCUT2D eigenvalue weighted by molar-refractivity contribution is 5.83. The van der Waals surface area contributed by atoms with E-state index in [2.05, 4.69) is 6.92 Å². The van der Waals surface area contributed by atoms with Crippen molar-refractivity contribution in [1.82, 2.24) is 0 Å². The van der Waals surface area contributed by atoms with Gasteiger partial charge in [0.2, 0.25) is 0 Å². The van der Waals surface area contributed by atoms with Crippen LogP contribution in [0.15, 0.2) is 18.2 Å². The predicted molar refractivity (Wildman–Crippen MR) is 123 cm³/mol. The summed E-state index contributed by atoms with van der Waals surface area (Å²) in [6, 6.07) is 5.87. The lowest BCUT2D eigenvalue weighted by atomic mass is 9.48. The van der Waals surface area contributed by atoms with Gasteiger partial charge in [-0.25, -0.2) is 8.78 Å². The number of ketones is 1. The summed E-state index contributed by atoms with van der Waals surface area (Å²) in [5.74, 6) is -0.235. The van der Waals surface area contributed by atoms with Gasteiger partial charge in [-0.15, -0.1) is 0 Å². The third-order valence-corrected chi connectivity index (χ3v) is 10.1. The van der Waals surface area contributed by atoms with Crippen LogP contribution < -0.4 is 4.74 Å². The zero-order chi connectivity index (χ0) is 24.3. The Balaban J connectivity index is 1.28. The van der Waals surface area contributed by atoms with E-state index in [0.29, 0.717) is 25.2 Å². The molecule has 1 aromatic rings. The minimum absolute atomic E-state index is 0.00966. The van der Waals surface area contributed by atoms with E-state index in [0.717, 1.165) is 44.6 Å². The van der Waals surface area contributed by atoms with Crippen LogP contribution in [0.2, 0.25) is 0 Å². The predicted octanol–water partition coefficient (Wildman–Crippen LogP) is 5.76. The first-order chi connectivity index (χ1) is 16.1. The standard InChI is InChI=1S/C28H35F2NO3/c1-26(33)11-12-28(30)18(14-26)4-5-19-20-6-7-22(27(20,2)10-9-21(19)28)24(32)16-34-25-8-3-17(15-31)13-23(25)29/h3,8,13,18-22,33H,4-7,9-12,14,16H2,1-2H3/t18?,19?,20-,21-,22+,26+,27-,28+/m0/s1. The van der Waals surface area contributed by atoms with Gasteiger partial charge < -0.3 is 9.84 Å². The molecule has 184 valence electrons. The normalized spacial score (nSPS) is 43.2. The molecule has 0 amide bonds. The minimum Gasteiger partial charge on any atom is -0.483 e. The molecule has 4 aliphatic rings. The van der Waals surface area contributed by atoms with Crippen LogP contribution >= 0.6 is 0 Å². The number of hydrogen-bond acceptors (Lipinski definition) is 4. The number of nitriles is 1. The van der Waals surface area contributed by atoms with Gasteiger partial charge >= 0.3 is 0 Å². The smallest absolute Gasteiger partial charge is 0.173 e. The molecule has 4 aliphatic carbocycles. The average molecular weight is 472 g/mol. The molecule has 0 bridgehead atoms. The number of fused-ring (bicyclic) bond motifs is 5. The first kappa shape index (κ1) is 23.7. The van der Waals surface area contributed by atoms with Crippen molar-refractivity contribution < 1.29 is 23.4 Å². The maximum atomic E-state index is 16.5. The van der Waals surface area contributed by atoms with Crippen LogP contribution in [-0.4, -0.2) is 28.8 Å². The molecule has 0 aromatic heterocycles. The molecular weight excluding hydrogens is 436 g/mol. The Labute approximate surface area is 200 Å². The average Bonchev–Trinajstić information content (AvgIpc) is 3.15. The molecule has 6 heteroatoms. The number of alkyl halides is 1. The quantitative estimate of drug-likeness (QED) is 0.606. The number of hydrogen-bond donors (Lipinski definition) is 1. The molecule has 1 N–H and O–H groups in total. The van der Waals surface area contributed by atoms with E-state index in [-0.39, 0.29) is 52.8 Å². The fourth-order valence-electron chi connectivity index (χ4n) is 8.44. The van der Waals surface area contributed by atoms with Gasteiger partial charge in [-0.1, -0.05) is 6.92 Å². The van der Waals surface area contributed by atoms with Crippen molar-refractivity contribution in [3.05, 3.63) is 29.6 Å². The minimum atomic E-state index is -1.19. The molecule has 0 saturated heterocycles. The summed E-state index contributed by atoms with van der Waals surface area (Å²) >= 11 is 0. The van der Waals surface area contributed by atoms with Crippen molar-refractivity contribution in [2.24, 2.45) is 35.0 Å². The molecule has 4 nitrogen and oxygen atoms in total. The van der Waals surface area contributed by atoms with E-state index in [9.17, 15) is 14.3 Å². The van der Waals surface area contributed by atoms with Gasteiger partial charge in [-0.2, -0.15) is 5.26 Å². The van der Waals surface area contributed by atoms with Gasteiger partial charge in [0, 0.05) is 5.92 Å². The number of halogens is 2. The van der Waals surface area contributed by atoms with Crippen LogP contribution in [-0.2, 0) is 4.79 Å². The first-order valence-corrected chi connectivity index (χ1v) is 12.8. The number of carbonyl (C=O) groups excluding carboxylic acids is 1. The lowest BCUT2D eigenvalue weighted by molar-refractivity contribution is -0.166. The van der Waals surface area contributed by atoms with Crippen molar-refractivity contribution in [3.63, 3.8) is 0 Å². The van der Waals surface area contributed by atoms with E-state index in [1.165, 1.54) is 12.1 Å². The lowest BCUT2D eigenvalue weighted by Crippen LogP contribution is -2.58. The third-order valence-electron chi connectivity index (χ3n) is 10.1. The van der Waals surface area contributed by atoms with Crippen LogP contribution in [0.25, 0.3) is 0 Å². The Morgan fingerprint density at radius 1 is 1.15 bits per heavy atom. The van der Waals surface area contributed by atoms with Crippen LogP contribution in [0.3, 0.4) is 0 Å². The Hall–Kier alpha value is -2.00. The topological polar surface area (TPSA) is 70.3 Å². The highest BCUT2D eigenvalue weighted by Crippen LogP contribution is 2.66. The Morgan fingerprint density at radius 2 is 1.94 bits per heavy atom. The summed E-state index contributed by atoms with van der Waals surface area (Å²) in [7, 11) is 0. The summed E-state index contributed by atoms with van der Waals surface area (Å²) in [6.45, 7) is 3.86. The van der Waals surface area contributed by atoms with E-state index in [1.807, 2.05) is 13.0 Å². The lowest BCUT2D eigenvalue weighted by Gasteiger charge is -2.59. The van der Waals surface area contributed by atoms with Gasteiger partial charge in [0.05, 0.1) is 17.2 Å². The van der Waals surface area contributed by atoms with Crippen LogP contribution in [0, 0.1) is 52.2 Å². The SMILES string of the molecule is C[C@@]1(O)CC[C@@]2(F)C(CCC3[C@@H]4CC[C@H](C(=O)COc5ccc(C#N)cc5F)[C@@]4(C)CC[C@@H]32)C1. The summed E-state index contributed by atoms with van der Waals surface area (Å²) in [5.41, 5.74) is -1.91. The van der Waals surface area contributed by atoms with E-state index in [1.54, 1.807) is 0 Å². The Morgan fingerprint density at radius 3 is 2.68 bits per heavy atom. The summed E-state index contributed by atoms with van der Waals surface area (Å²) < 4.78 is 36.2. The second-order valence-corrected chi connectivity index (χ2v) is 12.0. The number of ether oxygens (including phenoxy) is 1. The number of nitrogens with zero attached hydrogens (tertiary/aromatic N) is 1. The second-order valence-electron chi connectivity index (χ2n) is 12.0. The number of rotatable bonds is 4. The molecular formula is C28H35F2NO3. The van der Waals surface area contributed by atoms with Crippen molar-refractivity contribution in [2.45, 2.75) is 82.9 Å². The fourth-order valence-corrected chi connectivity index (χ4v) is 8.44. The van der Waals surface area contributed by atoms with Crippen LogP contribution in [0.1, 0.15) is 77.2 Å². The summed E-state index contributed by atoms with van der Waals surface area (Å²) in [4.78, 5) is 13.2. The Bertz CT molecular complexity index is 1020. The molecule has 0 radical (unpaired) electrons. The zero-order valence-corrected chi connectivity index (χ0v) is 20.2. The fraction of sp³-hybridized carbons (Fsp3) is 0.714. The molecule has 0 heterocycles. The molecule has 2 unspecified atom stereocenters. The van der Waals surface area contributed by atoms with Gasteiger partial charge in [0.1, 0.15) is 12.3 Å². The van der Waals surface area contributed by atoms with Crippen LogP contribution in [0.5, 0.6) is 5.75 Å². The number of benzene rings is 1. The molecule has 4 saturated carbocycles. The van der Waals surface area contributed by atoms with E-state index in [4.69, 9.17) is 10.00 Å². The largest absolute Gasteiger partial charge is 0.483 e. The highest BCUT2D eigenvalue weighted by atomic mass is 19.1. The summed E-state index contributed by atoms with van der Waals surface area (Å²) in [6.07, 6.45) is 6.65. The highest BCUT2D eigenvalue weighted by Gasteiger charge is 2.63. The van der Waals surface area contributed by atoms with Crippen molar-refractivity contribution in [2.75, 3.05) is 6.61 Å². The molecule has 1 aromatic carbocycles. The van der Waals surface area contributed by atoms with Crippen molar-refractivity contribution in [1.29, 1.82) is 5.26 Å².